The van der Waals surface area contributed by atoms with Crippen molar-refractivity contribution in [2.45, 2.75) is 12.8 Å². The van der Waals surface area contributed by atoms with Crippen molar-refractivity contribution in [2.75, 3.05) is 25.0 Å². The molecule has 152 valence electrons. The number of nitrogens with zero attached hydrogens (tertiary/aromatic N) is 1. The third kappa shape index (κ3) is 3.22. The van der Waals surface area contributed by atoms with Crippen LogP contribution in [-0.4, -0.2) is 42.2 Å². The maximum absolute atomic E-state index is 13.0. The normalized spacial score (nSPS) is 16.7. The summed E-state index contributed by atoms with van der Waals surface area (Å²) in [5, 5.41) is 3.54. The third-order valence-electron chi connectivity index (χ3n) is 5.76. The summed E-state index contributed by atoms with van der Waals surface area (Å²) in [6.45, 7) is 1.01. The van der Waals surface area contributed by atoms with Gasteiger partial charge >= 0.3 is 0 Å². The van der Waals surface area contributed by atoms with Crippen LogP contribution in [0.1, 0.15) is 33.6 Å². The summed E-state index contributed by atoms with van der Waals surface area (Å²) in [5.74, 6) is 0.135. The molecule has 0 spiro atoms. The predicted molar refractivity (Wildman–Crippen MR) is 110 cm³/mol. The van der Waals surface area contributed by atoms with Gasteiger partial charge in [-0.3, -0.25) is 14.4 Å². The largest absolute Gasteiger partial charge is 0.482 e. The van der Waals surface area contributed by atoms with E-state index < -0.39 is 0 Å². The number of para-hydroxylation sites is 1. The minimum atomic E-state index is -0.231. The van der Waals surface area contributed by atoms with Gasteiger partial charge in [-0.1, -0.05) is 18.2 Å². The molecule has 0 unspecified atom stereocenters. The molecule has 2 aromatic carbocycles. The van der Waals surface area contributed by atoms with E-state index in [1.54, 1.807) is 23.1 Å². The van der Waals surface area contributed by atoms with Crippen LogP contribution in [0.25, 0.3) is 11.0 Å². The van der Waals surface area contributed by atoms with Gasteiger partial charge < -0.3 is 19.4 Å². The lowest BCUT2D eigenvalue weighted by molar-refractivity contribution is -0.118. The highest BCUT2D eigenvalue weighted by atomic mass is 16.5. The molecule has 3 aromatic rings. The van der Waals surface area contributed by atoms with E-state index in [1.165, 1.54) is 6.26 Å². The maximum atomic E-state index is 13.0. The standard InChI is InChI=1S/C23H20N2O5/c26-21-13-30-20-6-5-15(11-18(20)24-21)22(27)14-7-9-25(10-8-14)23(28)17-12-29-19-4-2-1-3-16(17)19/h1-6,11-12,14H,7-10,13H2,(H,24,26). The summed E-state index contributed by atoms with van der Waals surface area (Å²) in [6, 6.07) is 12.6. The van der Waals surface area contributed by atoms with Crippen LogP contribution >= 0.6 is 0 Å². The van der Waals surface area contributed by atoms with E-state index in [1.807, 2.05) is 24.3 Å². The number of carbonyl (C=O) groups excluding carboxylic acids is 3. The number of likely N-dealkylation sites (tertiary alicyclic amines) is 1. The second-order valence-corrected chi connectivity index (χ2v) is 7.62. The highest BCUT2D eigenvalue weighted by Gasteiger charge is 2.30. The Morgan fingerprint density at radius 1 is 1.07 bits per heavy atom. The van der Waals surface area contributed by atoms with Crippen LogP contribution in [0.3, 0.4) is 0 Å². The number of Topliss-reactive ketones (excluding diaryl/α,β-unsaturated/α-hetero) is 1. The Bertz CT molecular complexity index is 1160. The number of furan rings is 1. The Kier molecular flexibility index (Phi) is 4.50. The van der Waals surface area contributed by atoms with Crippen LogP contribution in [0.4, 0.5) is 5.69 Å². The summed E-state index contributed by atoms with van der Waals surface area (Å²) >= 11 is 0. The first-order chi connectivity index (χ1) is 14.6. The number of hydrogen-bond acceptors (Lipinski definition) is 5. The Morgan fingerprint density at radius 2 is 1.87 bits per heavy atom. The van der Waals surface area contributed by atoms with Crippen LogP contribution in [0.2, 0.25) is 0 Å². The molecule has 7 heteroatoms. The molecule has 0 radical (unpaired) electrons. The van der Waals surface area contributed by atoms with Crippen molar-refractivity contribution in [3.8, 4) is 5.75 Å². The number of fused-ring (bicyclic) bond motifs is 2. The number of carbonyl (C=O) groups is 3. The first-order valence-electron chi connectivity index (χ1n) is 9.96. The second kappa shape index (κ2) is 7.33. The molecule has 3 heterocycles. The number of amides is 2. The Labute approximate surface area is 172 Å². The number of anilines is 1. The summed E-state index contributed by atoms with van der Waals surface area (Å²) in [5.41, 5.74) is 2.32. The Hall–Kier alpha value is -3.61. The average molecular weight is 404 g/mol. The molecule has 1 aromatic heterocycles. The van der Waals surface area contributed by atoms with E-state index in [0.29, 0.717) is 54.1 Å². The molecule has 0 saturated carbocycles. The third-order valence-corrected chi connectivity index (χ3v) is 5.76. The molecule has 1 fully saturated rings. The van der Waals surface area contributed by atoms with Gasteiger partial charge in [0.05, 0.1) is 11.3 Å². The number of nitrogens with one attached hydrogen (secondary N) is 1. The molecular weight excluding hydrogens is 384 g/mol. The highest BCUT2D eigenvalue weighted by molar-refractivity contribution is 6.06. The molecule has 2 aliphatic heterocycles. The number of piperidine rings is 1. The molecular formula is C23H20N2O5. The van der Waals surface area contributed by atoms with Gasteiger partial charge in [0.15, 0.2) is 12.4 Å². The van der Waals surface area contributed by atoms with Crippen molar-refractivity contribution in [3.63, 3.8) is 0 Å². The van der Waals surface area contributed by atoms with E-state index in [-0.39, 0.29) is 30.1 Å². The summed E-state index contributed by atoms with van der Waals surface area (Å²) in [6.07, 6.45) is 2.70. The first-order valence-corrected chi connectivity index (χ1v) is 9.96. The van der Waals surface area contributed by atoms with Crippen LogP contribution < -0.4 is 10.1 Å². The molecule has 2 aliphatic rings. The number of hydrogen-bond donors (Lipinski definition) is 1. The quantitative estimate of drug-likeness (QED) is 0.675. The van der Waals surface area contributed by atoms with Gasteiger partial charge in [0.1, 0.15) is 17.6 Å². The number of ether oxygens (including phenoxy) is 1. The van der Waals surface area contributed by atoms with Crippen LogP contribution in [0, 0.1) is 5.92 Å². The molecule has 1 saturated heterocycles. The fourth-order valence-corrected chi connectivity index (χ4v) is 4.13. The predicted octanol–water partition coefficient (Wildman–Crippen LogP) is 3.50. The zero-order valence-corrected chi connectivity index (χ0v) is 16.2. The lowest BCUT2D eigenvalue weighted by atomic mass is 9.88. The molecule has 5 rings (SSSR count). The fourth-order valence-electron chi connectivity index (χ4n) is 4.13. The minimum absolute atomic E-state index is 0.0151. The van der Waals surface area contributed by atoms with Crippen LogP contribution in [0.15, 0.2) is 53.1 Å². The molecule has 0 atom stereocenters. The average Bonchev–Trinajstić information content (AvgIpc) is 3.22. The monoisotopic (exact) mass is 404 g/mol. The van der Waals surface area contributed by atoms with Gasteiger partial charge in [0.25, 0.3) is 11.8 Å². The van der Waals surface area contributed by atoms with E-state index in [4.69, 9.17) is 9.15 Å². The Morgan fingerprint density at radius 3 is 2.70 bits per heavy atom. The van der Waals surface area contributed by atoms with Crippen molar-refractivity contribution in [2.24, 2.45) is 5.92 Å². The summed E-state index contributed by atoms with van der Waals surface area (Å²) in [7, 11) is 0. The van der Waals surface area contributed by atoms with Gasteiger partial charge in [-0.15, -0.1) is 0 Å². The number of ketones is 1. The fraction of sp³-hybridized carbons (Fsp3) is 0.261. The summed E-state index contributed by atoms with van der Waals surface area (Å²) < 4.78 is 10.8. The van der Waals surface area contributed by atoms with E-state index in [9.17, 15) is 14.4 Å². The van der Waals surface area contributed by atoms with Crippen molar-refractivity contribution in [1.82, 2.24) is 4.90 Å². The molecule has 2 amide bonds. The first kappa shape index (κ1) is 18.4. The molecule has 30 heavy (non-hydrogen) atoms. The van der Waals surface area contributed by atoms with E-state index in [0.717, 1.165) is 5.39 Å². The zero-order valence-electron chi connectivity index (χ0n) is 16.2. The van der Waals surface area contributed by atoms with Gasteiger partial charge in [0, 0.05) is 30.0 Å². The van der Waals surface area contributed by atoms with Gasteiger partial charge in [-0.25, -0.2) is 0 Å². The number of rotatable bonds is 3. The molecule has 1 N–H and O–H groups in total. The van der Waals surface area contributed by atoms with Gasteiger partial charge in [-0.2, -0.15) is 0 Å². The van der Waals surface area contributed by atoms with Crippen LogP contribution in [-0.2, 0) is 4.79 Å². The van der Waals surface area contributed by atoms with Crippen molar-refractivity contribution in [3.05, 3.63) is 59.9 Å². The number of benzene rings is 2. The molecule has 7 nitrogen and oxygen atoms in total. The van der Waals surface area contributed by atoms with Crippen molar-refractivity contribution < 1.29 is 23.5 Å². The lowest BCUT2D eigenvalue weighted by Gasteiger charge is -2.31. The van der Waals surface area contributed by atoms with Crippen LogP contribution in [0.5, 0.6) is 5.75 Å². The topological polar surface area (TPSA) is 88.9 Å². The zero-order chi connectivity index (χ0) is 20.7. The SMILES string of the molecule is O=C1COc2ccc(C(=O)C3CCN(C(=O)c4coc5ccccc45)CC3)cc2N1. The molecule has 0 bridgehead atoms. The van der Waals surface area contributed by atoms with Crippen molar-refractivity contribution in [1.29, 1.82) is 0 Å². The molecule has 0 aliphatic carbocycles. The van der Waals surface area contributed by atoms with E-state index in [2.05, 4.69) is 5.32 Å². The summed E-state index contributed by atoms with van der Waals surface area (Å²) in [4.78, 5) is 39.2. The maximum Gasteiger partial charge on any atom is 0.262 e. The van der Waals surface area contributed by atoms with Gasteiger partial charge in [0.2, 0.25) is 0 Å². The van der Waals surface area contributed by atoms with Crippen molar-refractivity contribution >= 4 is 34.3 Å². The van der Waals surface area contributed by atoms with E-state index >= 15 is 0 Å². The Balaban J connectivity index is 1.27. The van der Waals surface area contributed by atoms with Gasteiger partial charge in [-0.05, 0) is 37.1 Å². The second-order valence-electron chi connectivity index (χ2n) is 7.62. The minimum Gasteiger partial charge on any atom is -0.482 e. The highest BCUT2D eigenvalue weighted by Crippen LogP contribution is 2.31. The smallest absolute Gasteiger partial charge is 0.262 e. The lowest BCUT2D eigenvalue weighted by Crippen LogP contribution is -2.40.